The molecule has 14 heavy (non-hydrogen) atoms. The number of hydrazone groups is 1. The maximum absolute atomic E-state index is 5.61. The molecule has 0 amide bonds. The lowest BCUT2D eigenvalue weighted by molar-refractivity contribution is 0.208. The van der Waals surface area contributed by atoms with Gasteiger partial charge in [-0.25, -0.2) is 0 Å². The second kappa shape index (κ2) is 5.08. The molecule has 1 aromatic rings. The van der Waals surface area contributed by atoms with Crippen molar-refractivity contribution >= 4 is 11.6 Å². The Kier molecular flexibility index (Phi) is 3.75. The number of para-hydroxylation sites is 1. The molecule has 0 aliphatic rings. The molecule has 5 nitrogen and oxygen atoms in total. The highest BCUT2D eigenvalue weighted by Crippen LogP contribution is 2.11. The number of nitrogens with two attached hydrogens (primary N) is 2. The van der Waals surface area contributed by atoms with Crippen LogP contribution < -0.4 is 16.5 Å². The van der Waals surface area contributed by atoms with Crippen LogP contribution in [0.2, 0.25) is 0 Å². The van der Waals surface area contributed by atoms with Gasteiger partial charge in [-0.15, -0.1) is 5.10 Å². The molecule has 5 heteroatoms. The zero-order chi connectivity index (χ0) is 10.4. The van der Waals surface area contributed by atoms with Crippen LogP contribution in [0.25, 0.3) is 0 Å². The summed E-state index contributed by atoms with van der Waals surface area (Å²) in [5.74, 6) is 5.33. The van der Waals surface area contributed by atoms with Crippen LogP contribution in [0.15, 0.2) is 35.4 Å². The van der Waals surface area contributed by atoms with Crippen molar-refractivity contribution in [2.75, 3.05) is 18.7 Å². The molecule has 0 atom stereocenters. The number of guanidine groups is 1. The van der Waals surface area contributed by atoms with Crippen molar-refractivity contribution in [1.29, 1.82) is 0 Å². The highest BCUT2D eigenvalue weighted by molar-refractivity contribution is 5.94. The van der Waals surface area contributed by atoms with Crippen LogP contribution in [-0.2, 0) is 4.74 Å². The Labute approximate surface area is 82.9 Å². The second-order valence-electron chi connectivity index (χ2n) is 2.67. The zero-order valence-corrected chi connectivity index (χ0v) is 8.05. The molecule has 0 saturated carbocycles. The minimum absolute atomic E-state index is 0.220. The van der Waals surface area contributed by atoms with Gasteiger partial charge >= 0.3 is 0 Å². The Hall–Kier alpha value is -1.75. The average molecular weight is 194 g/mol. The van der Waals surface area contributed by atoms with Crippen molar-refractivity contribution in [3.8, 4) is 0 Å². The molecular weight excluding hydrogens is 180 g/mol. The molecule has 0 heterocycles. The molecule has 1 rings (SSSR count). The molecule has 0 aliphatic heterocycles. The smallest absolute Gasteiger partial charge is 0.219 e. The summed E-state index contributed by atoms with van der Waals surface area (Å²) in [6.45, 7) is 0.316. The number of rotatable bonds is 3. The van der Waals surface area contributed by atoms with Gasteiger partial charge in [-0.1, -0.05) is 18.2 Å². The Balaban J connectivity index is 2.89. The van der Waals surface area contributed by atoms with E-state index in [0.29, 0.717) is 6.73 Å². The molecule has 4 N–H and O–H groups in total. The van der Waals surface area contributed by atoms with Crippen molar-refractivity contribution < 1.29 is 4.74 Å². The van der Waals surface area contributed by atoms with Crippen LogP contribution in [0.1, 0.15) is 0 Å². The molecular formula is C9H14N4O. The number of hydrogen-bond acceptors (Lipinski definition) is 3. The third kappa shape index (κ3) is 2.37. The quantitative estimate of drug-likeness (QED) is 0.238. The Morgan fingerprint density at radius 2 is 2.07 bits per heavy atom. The van der Waals surface area contributed by atoms with E-state index >= 15 is 0 Å². The molecule has 0 spiro atoms. The van der Waals surface area contributed by atoms with Gasteiger partial charge in [-0.3, -0.25) is 4.90 Å². The molecule has 0 unspecified atom stereocenters. The molecule has 76 valence electrons. The van der Waals surface area contributed by atoms with E-state index in [2.05, 4.69) is 5.10 Å². The van der Waals surface area contributed by atoms with E-state index in [-0.39, 0.29) is 5.96 Å². The summed E-state index contributed by atoms with van der Waals surface area (Å²) in [5, 5.41) is 3.42. The lowest BCUT2D eigenvalue weighted by atomic mass is 10.3. The van der Waals surface area contributed by atoms with E-state index in [1.807, 2.05) is 30.3 Å². The highest BCUT2D eigenvalue weighted by atomic mass is 16.5. The lowest BCUT2D eigenvalue weighted by Gasteiger charge is -2.21. The summed E-state index contributed by atoms with van der Waals surface area (Å²) in [4.78, 5) is 1.67. The predicted molar refractivity (Wildman–Crippen MR) is 56.6 cm³/mol. The maximum atomic E-state index is 5.61. The van der Waals surface area contributed by atoms with Gasteiger partial charge in [0.05, 0.1) is 0 Å². The standard InChI is InChI=1S/C9H14N4O/c1-14-7-13(9(10)12-11)8-5-3-2-4-6-8/h2-6H,7,11H2,1H3,(H2,10,12). The number of anilines is 1. The fraction of sp³-hybridized carbons (Fsp3) is 0.222. The van der Waals surface area contributed by atoms with Gasteiger partial charge < -0.3 is 16.3 Å². The number of ether oxygens (including phenoxy) is 1. The SMILES string of the molecule is COCN(/C(N)=N/N)c1ccccc1. The van der Waals surface area contributed by atoms with Gasteiger partial charge in [0.15, 0.2) is 0 Å². The fourth-order valence-electron chi connectivity index (χ4n) is 1.08. The average Bonchev–Trinajstić information content (AvgIpc) is 2.26. The first kappa shape index (κ1) is 10.3. The number of benzene rings is 1. The third-order valence-corrected chi connectivity index (χ3v) is 1.73. The second-order valence-corrected chi connectivity index (χ2v) is 2.67. The first-order valence-electron chi connectivity index (χ1n) is 4.14. The van der Waals surface area contributed by atoms with Gasteiger partial charge in [0.2, 0.25) is 5.96 Å². The van der Waals surface area contributed by atoms with Gasteiger partial charge in [-0.05, 0) is 12.1 Å². The van der Waals surface area contributed by atoms with Crippen LogP contribution in [-0.4, -0.2) is 19.8 Å². The molecule has 0 saturated heterocycles. The highest BCUT2D eigenvalue weighted by Gasteiger charge is 2.08. The monoisotopic (exact) mass is 194 g/mol. The van der Waals surface area contributed by atoms with E-state index in [9.17, 15) is 0 Å². The van der Waals surface area contributed by atoms with Crippen molar-refractivity contribution in [3.63, 3.8) is 0 Å². The fourth-order valence-corrected chi connectivity index (χ4v) is 1.08. The predicted octanol–water partition coefficient (Wildman–Crippen LogP) is 0.285. The van der Waals surface area contributed by atoms with Gasteiger partial charge in [0.1, 0.15) is 6.73 Å². The van der Waals surface area contributed by atoms with Crippen LogP contribution in [0, 0.1) is 0 Å². The van der Waals surface area contributed by atoms with E-state index in [4.69, 9.17) is 16.3 Å². The minimum atomic E-state index is 0.220. The number of nitrogens with zero attached hydrogens (tertiary/aromatic N) is 2. The topological polar surface area (TPSA) is 76.9 Å². The lowest BCUT2D eigenvalue weighted by Crippen LogP contribution is -2.39. The van der Waals surface area contributed by atoms with Gasteiger partial charge in [-0.2, -0.15) is 0 Å². The summed E-state index contributed by atoms with van der Waals surface area (Å²) >= 11 is 0. The van der Waals surface area contributed by atoms with E-state index in [1.165, 1.54) is 0 Å². The molecule has 0 aliphatic carbocycles. The van der Waals surface area contributed by atoms with Crippen LogP contribution >= 0.6 is 0 Å². The molecule has 0 aromatic heterocycles. The summed E-state index contributed by atoms with van der Waals surface area (Å²) in [6.07, 6.45) is 0. The largest absolute Gasteiger partial charge is 0.368 e. The normalized spacial score (nSPS) is 11.4. The number of hydrogen-bond donors (Lipinski definition) is 2. The Morgan fingerprint density at radius 1 is 1.43 bits per heavy atom. The summed E-state index contributed by atoms with van der Waals surface area (Å²) in [6, 6.07) is 9.53. The molecule has 0 radical (unpaired) electrons. The molecule has 0 fully saturated rings. The third-order valence-electron chi connectivity index (χ3n) is 1.73. The van der Waals surface area contributed by atoms with Crippen LogP contribution in [0.4, 0.5) is 5.69 Å². The van der Waals surface area contributed by atoms with Crippen molar-refractivity contribution in [3.05, 3.63) is 30.3 Å². The first-order chi connectivity index (χ1) is 6.79. The molecule has 0 bridgehead atoms. The first-order valence-corrected chi connectivity index (χ1v) is 4.14. The summed E-state index contributed by atoms with van der Waals surface area (Å²) < 4.78 is 4.99. The summed E-state index contributed by atoms with van der Waals surface area (Å²) in [7, 11) is 1.58. The molecule has 1 aromatic carbocycles. The minimum Gasteiger partial charge on any atom is -0.368 e. The van der Waals surface area contributed by atoms with E-state index in [1.54, 1.807) is 12.0 Å². The Morgan fingerprint density at radius 3 is 2.57 bits per heavy atom. The van der Waals surface area contributed by atoms with Crippen molar-refractivity contribution in [2.45, 2.75) is 0 Å². The van der Waals surface area contributed by atoms with Crippen molar-refractivity contribution in [1.82, 2.24) is 0 Å². The summed E-state index contributed by atoms with van der Waals surface area (Å²) in [5.41, 5.74) is 6.50. The van der Waals surface area contributed by atoms with E-state index < -0.39 is 0 Å². The van der Waals surface area contributed by atoms with Crippen LogP contribution in [0.3, 0.4) is 0 Å². The van der Waals surface area contributed by atoms with E-state index in [0.717, 1.165) is 5.69 Å². The van der Waals surface area contributed by atoms with Gasteiger partial charge in [0.25, 0.3) is 0 Å². The zero-order valence-electron chi connectivity index (χ0n) is 8.05. The maximum Gasteiger partial charge on any atom is 0.219 e. The van der Waals surface area contributed by atoms with Crippen molar-refractivity contribution in [2.24, 2.45) is 16.7 Å². The van der Waals surface area contributed by atoms with Crippen LogP contribution in [0.5, 0.6) is 0 Å². The number of methoxy groups -OCH3 is 1. The van der Waals surface area contributed by atoms with Gasteiger partial charge in [0, 0.05) is 12.8 Å². The Bertz CT molecular complexity index is 299.